The number of hydrogen-bond donors (Lipinski definition) is 3. The molecule has 1 unspecified atom stereocenters. The van der Waals surface area contributed by atoms with Crippen LogP contribution >= 0.6 is 15.9 Å². The number of anilines is 6. The summed E-state index contributed by atoms with van der Waals surface area (Å²) in [5.74, 6) is 1.40. The summed E-state index contributed by atoms with van der Waals surface area (Å²) < 4.78 is 32.9. The molecule has 7 heterocycles. The third-order valence-corrected chi connectivity index (χ3v) is 16.1. The molecule has 1 atom stereocenters. The van der Waals surface area contributed by atoms with Gasteiger partial charge in [0.15, 0.2) is 0 Å². The molecule has 68 heavy (non-hydrogen) atoms. The van der Waals surface area contributed by atoms with E-state index in [1.165, 1.54) is 10.2 Å². The number of piperazine rings is 1. The van der Waals surface area contributed by atoms with Gasteiger partial charge in [0, 0.05) is 119 Å². The van der Waals surface area contributed by atoms with E-state index in [4.69, 9.17) is 9.72 Å². The maximum absolute atomic E-state index is 13.2. The number of imide groups is 1. The van der Waals surface area contributed by atoms with Crippen molar-refractivity contribution in [3.05, 3.63) is 88.2 Å². The van der Waals surface area contributed by atoms with E-state index in [0.717, 1.165) is 118 Å². The summed E-state index contributed by atoms with van der Waals surface area (Å²) in [5.41, 5.74) is 6.90. The third-order valence-electron chi connectivity index (χ3n) is 14.5. The number of amides is 3. The van der Waals surface area contributed by atoms with Crippen LogP contribution in [-0.4, -0.2) is 139 Å². The monoisotopic (exact) mass is 1010 g/mol. The van der Waals surface area contributed by atoms with Gasteiger partial charge in [-0.1, -0.05) is 12.1 Å². The normalized spacial score (nSPS) is 20.3. The molecule has 4 fully saturated rings. The Morgan fingerprint density at radius 1 is 0.868 bits per heavy atom. The summed E-state index contributed by atoms with van der Waals surface area (Å²) in [4.78, 5) is 58.6. The average Bonchev–Trinajstić information content (AvgIpc) is 3.93. The van der Waals surface area contributed by atoms with Gasteiger partial charge >= 0.3 is 0 Å². The molecule has 2 aromatic heterocycles. The molecule has 5 aromatic rings. The Labute approximate surface area is 405 Å². The molecule has 10 rings (SSSR count). The van der Waals surface area contributed by atoms with E-state index in [1.807, 2.05) is 30.3 Å². The zero-order valence-corrected chi connectivity index (χ0v) is 41.1. The topological polar surface area (TPSA) is 178 Å². The Morgan fingerprint density at radius 3 is 2.37 bits per heavy atom. The second-order valence-corrected chi connectivity index (χ2v) is 21.5. The molecule has 0 saturated carbocycles. The molecular formula is C49H58BrN11O6S. The van der Waals surface area contributed by atoms with Gasteiger partial charge in [-0.2, -0.15) is 4.98 Å². The van der Waals surface area contributed by atoms with E-state index in [0.29, 0.717) is 63.7 Å². The van der Waals surface area contributed by atoms with Crippen LogP contribution in [0.3, 0.4) is 0 Å². The Bertz CT molecular complexity index is 2870. The Kier molecular flexibility index (Phi) is 12.8. The number of nitrogens with one attached hydrogen (secondary N) is 3. The molecule has 0 radical (unpaired) electrons. The summed E-state index contributed by atoms with van der Waals surface area (Å²) in [6.07, 6.45) is 9.51. The SMILES string of the molecule is COc1cc(N2CCC(N3CCN(CC4CCN(c5ccc6c(c5)CN(C5CCC(=O)NC5=O)C6=O)CC4)CC3)CC2)c(C)cc1Nc1ncc(Br)c(Nc2cccc3ccn(S(C)(=O)=O)c23)n1. The van der Waals surface area contributed by atoms with Crippen LogP contribution in [-0.2, 0) is 26.2 Å². The summed E-state index contributed by atoms with van der Waals surface area (Å²) in [5, 5.41) is 9.84. The van der Waals surface area contributed by atoms with Gasteiger partial charge in [0.05, 0.1) is 34.7 Å². The van der Waals surface area contributed by atoms with Crippen molar-refractivity contribution in [3.8, 4) is 5.75 Å². The van der Waals surface area contributed by atoms with Crippen molar-refractivity contribution in [1.29, 1.82) is 0 Å². The molecule has 358 valence electrons. The fraction of sp³-hybridized carbons (Fsp3) is 0.449. The number of fused-ring (bicyclic) bond motifs is 2. The van der Waals surface area contributed by atoms with Crippen molar-refractivity contribution < 1.29 is 27.5 Å². The zero-order chi connectivity index (χ0) is 47.3. The summed E-state index contributed by atoms with van der Waals surface area (Å²) >= 11 is 3.56. The van der Waals surface area contributed by atoms with Gasteiger partial charge in [-0.3, -0.25) is 24.6 Å². The lowest BCUT2D eigenvalue weighted by molar-refractivity contribution is -0.136. The molecule has 3 amide bonds. The average molecular weight is 1010 g/mol. The second kappa shape index (κ2) is 19.0. The Hall–Kier alpha value is -5.76. The van der Waals surface area contributed by atoms with Gasteiger partial charge in [-0.05, 0) is 108 Å². The third kappa shape index (κ3) is 9.37. The minimum atomic E-state index is -3.53. The highest BCUT2D eigenvalue weighted by Crippen LogP contribution is 2.38. The fourth-order valence-electron chi connectivity index (χ4n) is 10.9. The van der Waals surface area contributed by atoms with E-state index in [1.54, 1.807) is 30.5 Å². The number of rotatable bonds is 12. The molecule has 19 heteroatoms. The minimum Gasteiger partial charge on any atom is -0.494 e. The highest BCUT2D eigenvalue weighted by atomic mass is 79.9. The van der Waals surface area contributed by atoms with Crippen LogP contribution in [0.5, 0.6) is 5.75 Å². The first-order valence-electron chi connectivity index (χ1n) is 23.6. The molecule has 5 aliphatic heterocycles. The molecule has 3 N–H and O–H groups in total. The maximum Gasteiger partial charge on any atom is 0.255 e. The van der Waals surface area contributed by atoms with Crippen molar-refractivity contribution in [2.45, 2.75) is 64.1 Å². The van der Waals surface area contributed by atoms with Crippen LogP contribution in [0.4, 0.5) is 34.5 Å². The van der Waals surface area contributed by atoms with Crippen LogP contribution in [0.25, 0.3) is 10.9 Å². The van der Waals surface area contributed by atoms with Gasteiger partial charge in [0.25, 0.3) is 5.91 Å². The van der Waals surface area contributed by atoms with Gasteiger partial charge in [0.2, 0.25) is 27.8 Å². The molecule has 4 saturated heterocycles. The molecule has 3 aromatic carbocycles. The highest BCUT2D eigenvalue weighted by molar-refractivity contribution is 9.10. The number of para-hydroxylation sites is 1. The first-order chi connectivity index (χ1) is 32.8. The molecule has 17 nitrogen and oxygen atoms in total. The number of carbonyl (C=O) groups is 3. The van der Waals surface area contributed by atoms with Gasteiger partial charge in [-0.25, -0.2) is 17.4 Å². The number of nitrogens with zero attached hydrogens (tertiary/aromatic N) is 8. The highest BCUT2D eigenvalue weighted by Gasteiger charge is 2.39. The number of benzene rings is 3. The quantitative estimate of drug-likeness (QED) is 0.123. The van der Waals surface area contributed by atoms with E-state index < -0.39 is 16.1 Å². The molecule has 0 bridgehead atoms. The van der Waals surface area contributed by atoms with E-state index in [-0.39, 0.29) is 24.1 Å². The lowest BCUT2D eigenvalue weighted by Gasteiger charge is -2.44. The largest absolute Gasteiger partial charge is 0.494 e. The predicted molar refractivity (Wildman–Crippen MR) is 267 cm³/mol. The number of aryl methyl sites for hydroxylation is 1. The van der Waals surface area contributed by atoms with Crippen LogP contribution in [0.2, 0.25) is 0 Å². The lowest BCUT2D eigenvalue weighted by atomic mass is 9.95. The number of piperidine rings is 3. The first-order valence-corrected chi connectivity index (χ1v) is 26.2. The number of aromatic nitrogens is 3. The molecular weight excluding hydrogens is 951 g/mol. The minimum absolute atomic E-state index is 0.128. The number of hydrogen-bond acceptors (Lipinski definition) is 14. The van der Waals surface area contributed by atoms with E-state index in [2.05, 4.69) is 81.6 Å². The zero-order valence-electron chi connectivity index (χ0n) is 38.7. The lowest BCUT2D eigenvalue weighted by Crippen LogP contribution is -2.54. The van der Waals surface area contributed by atoms with E-state index >= 15 is 0 Å². The van der Waals surface area contributed by atoms with Crippen LogP contribution in [0.1, 0.15) is 60.0 Å². The summed E-state index contributed by atoms with van der Waals surface area (Å²) in [6, 6.07) is 17.6. The van der Waals surface area contributed by atoms with Gasteiger partial charge < -0.3 is 35.0 Å². The summed E-state index contributed by atoms with van der Waals surface area (Å²) in [7, 11) is -1.86. The van der Waals surface area contributed by atoms with Crippen molar-refractivity contribution in [2.24, 2.45) is 5.92 Å². The maximum atomic E-state index is 13.2. The molecule has 0 aliphatic carbocycles. The van der Waals surface area contributed by atoms with Gasteiger partial charge in [-0.15, -0.1) is 0 Å². The van der Waals surface area contributed by atoms with Crippen LogP contribution < -0.4 is 30.5 Å². The van der Waals surface area contributed by atoms with Crippen LogP contribution in [0.15, 0.2) is 71.5 Å². The number of carbonyl (C=O) groups excluding carboxylic acids is 3. The fourth-order valence-corrected chi connectivity index (χ4v) is 12.0. The number of methoxy groups -OCH3 is 1. The van der Waals surface area contributed by atoms with Crippen molar-refractivity contribution in [3.63, 3.8) is 0 Å². The molecule has 5 aliphatic rings. The summed E-state index contributed by atoms with van der Waals surface area (Å²) in [6.45, 7) is 12.0. The number of ether oxygens (including phenoxy) is 1. The Morgan fingerprint density at radius 2 is 1.63 bits per heavy atom. The van der Waals surface area contributed by atoms with Crippen LogP contribution in [0, 0.1) is 12.8 Å². The standard InChI is InChI=1S/C49H58BrN11O6S/c1-31-25-40(53-49-51-28-38(50)46(55-49)52-39-6-4-5-33-13-20-61(45(33)39)68(3,65)66)43(67-2)27-42(31)59-18-14-35(15-19-59)58-23-21-56(22-24-58)29-32-11-16-57(17-12-32)36-7-8-37-34(26-36)30-60(48(37)64)41-9-10-44(62)54-47(41)63/h4-8,13,20,25-28,32,35,41H,9-12,14-19,21-24,29-30H2,1-3H3,(H,54,62,63)(H2,51,52,53,55). The Balaban J connectivity index is 0.691. The first kappa shape index (κ1) is 46.0. The van der Waals surface area contributed by atoms with Crippen molar-refractivity contribution in [1.82, 2.24) is 34.0 Å². The second-order valence-electron chi connectivity index (χ2n) is 18.8. The van der Waals surface area contributed by atoms with E-state index in [9.17, 15) is 22.8 Å². The van der Waals surface area contributed by atoms with Gasteiger partial charge in [0.1, 0.15) is 17.6 Å². The van der Waals surface area contributed by atoms with Crippen molar-refractivity contribution >= 4 is 89.1 Å². The number of halogens is 1. The predicted octanol–water partition coefficient (Wildman–Crippen LogP) is 6.07. The van der Waals surface area contributed by atoms with Crippen molar-refractivity contribution in [2.75, 3.05) is 92.7 Å². The molecule has 0 spiro atoms. The smallest absolute Gasteiger partial charge is 0.255 e.